The summed E-state index contributed by atoms with van der Waals surface area (Å²) in [6, 6.07) is 6.63. The van der Waals surface area contributed by atoms with Crippen LogP contribution in [0.2, 0.25) is 67.5 Å². The molecule has 0 heterocycles. The summed E-state index contributed by atoms with van der Waals surface area (Å²) in [5, 5.41) is 0. The zero-order valence-corrected chi connectivity index (χ0v) is 25.9. The molecule has 2 rings (SSSR count). The average Bonchev–Trinajstić information content (AvgIpc) is 3.03. The lowest BCUT2D eigenvalue weighted by Gasteiger charge is -2.39. The number of hydrogen-bond donors (Lipinski definition) is 0. The maximum Gasteiger partial charge on any atom is 0.305 e. The Balaban J connectivity index is 2.57. The fraction of sp³-hybridized carbons (Fsp3) is 0.692. The monoisotopic (exact) mass is 567 g/mol. The molecule has 10 heteroatoms. The first-order chi connectivity index (χ1) is 16.5. The molecule has 0 saturated heterocycles. The number of fused-ring (bicyclic) bond motifs is 1. The Hall–Kier alpha value is -1.01. The maximum absolute atomic E-state index is 15.4. The zero-order valence-electron chi connectivity index (χ0n) is 22.9. The molecular formula is C26H41F6OSi3. The summed E-state index contributed by atoms with van der Waals surface area (Å²) in [4.78, 5) is 0. The van der Waals surface area contributed by atoms with Crippen LogP contribution in [-0.4, -0.2) is 24.5 Å². The van der Waals surface area contributed by atoms with Crippen molar-refractivity contribution in [2.45, 2.75) is 114 Å². The van der Waals surface area contributed by atoms with E-state index in [-0.39, 0.29) is 5.54 Å². The first-order valence-corrected chi connectivity index (χ1v) is 22.0. The van der Waals surface area contributed by atoms with Crippen LogP contribution in [0.1, 0.15) is 52.2 Å². The molecule has 1 aromatic rings. The van der Waals surface area contributed by atoms with E-state index in [0.29, 0.717) is 12.1 Å². The van der Waals surface area contributed by atoms with Gasteiger partial charge in [-0.2, -0.15) is 13.2 Å². The Bertz CT molecular complexity index is 961. The van der Waals surface area contributed by atoms with Crippen molar-refractivity contribution in [3.8, 4) is 5.75 Å². The molecular weight excluding hydrogens is 527 g/mol. The summed E-state index contributed by atoms with van der Waals surface area (Å²) >= 11 is 0. The van der Waals surface area contributed by atoms with Crippen molar-refractivity contribution >= 4 is 30.3 Å². The number of halogens is 6. The average molecular weight is 568 g/mol. The third-order valence-corrected chi connectivity index (χ3v) is 21.5. The standard InChI is InChI=1S/C26H41F6OSi3/c1-9-35(10-2,11-3)13-12-14-36(18(4)5,16-15-34(6,7)8)33-25-22(28)20-19(27)17-26(31,32)21(20)23(29)24(25)30/h18H,9-16H2,1-8H3. The van der Waals surface area contributed by atoms with Crippen LogP contribution in [-0.2, 0) is 5.92 Å². The minimum absolute atomic E-state index is 0.0710. The van der Waals surface area contributed by atoms with Gasteiger partial charge >= 0.3 is 5.92 Å². The van der Waals surface area contributed by atoms with Crippen LogP contribution in [0.15, 0.2) is 0 Å². The Labute approximate surface area is 215 Å². The third kappa shape index (κ3) is 6.34. The smallest absolute Gasteiger partial charge is 0.305 e. The largest absolute Gasteiger partial charge is 0.539 e. The highest BCUT2D eigenvalue weighted by Crippen LogP contribution is 2.50. The molecule has 0 aromatic heterocycles. The van der Waals surface area contributed by atoms with E-state index in [0.717, 1.165) is 42.7 Å². The van der Waals surface area contributed by atoms with E-state index in [9.17, 15) is 17.6 Å². The lowest BCUT2D eigenvalue weighted by Crippen LogP contribution is -2.47. The van der Waals surface area contributed by atoms with Gasteiger partial charge in [0.05, 0.1) is 25.3 Å². The summed E-state index contributed by atoms with van der Waals surface area (Å²) in [6.45, 7) is 17.2. The van der Waals surface area contributed by atoms with Gasteiger partial charge in [0.1, 0.15) is 5.83 Å². The highest BCUT2D eigenvalue weighted by molar-refractivity contribution is 6.82. The molecule has 1 unspecified atom stereocenters. The second kappa shape index (κ2) is 11.4. The second-order valence-electron chi connectivity index (χ2n) is 11.8. The van der Waals surface area contributed by atoms with Gasteiger partial charge in [-0.15, -0.1) is 0 Å². The Morgan fingerprint density at radius 1 is 0.806 bits per heavy atom. The van der Waals surface area contributed by atoms with Crippen molar-refractivity contribution in [1.82, 2.24) is 0 Å². The summed E-state index contributed by atoms with van der Waals surface area (Å²) in [5.74, 6) is -12.4. The topological polar surface area (TPSA) is 9.23 Å². The van der Waals surface area contributed by atoms with Gasteiger partial charge in [0.15, 0.2) is 17.4 Å². The molecule has 1 aliphatic carbocycles. The SMILES string of the molecule is CC[Si](CC)(CC)CCC[Si](CC[Si](C)(C)C)(Oc1c(F)c(F)c2c(c1F)C(F)=[C]C2(F)F)C(C)C. The molecule has 1 aromatic carbocycles. The van der Waals surface area contributed by atoms with Crippen molar-refractivity contribution < 1.29 is 30.8 Å². The van der Waals surface area contributed by atoms with E-state index in [4.69, 9.17) is 4.43 Å². The number of rotatable bonds is 13. The lowest BCUT2D eigenvalue weighted by atomic mass is 10.1. The quantitative estimate of drug-likeness (QED) is 0.131. The highest BCUT2D eigenvalue weighted by Gasteiger charge is 2.49. The molecule has 0 fully saturated rings. The van der Waals surface area contributed by atoms with Gasteiger partial charge in [0.25, 0.3) is 8.32 Å². The number of hydrogen-bond acceptors (Lipinski definition) is 1. The van der Waals surface area contributed by atoms with Crippen LogP contribution < -0.4 is 4.43 Å². The molecule has 0 N–H and O–H groups in total. The van der Waals surface area contributed by atoms with Crippen LogP contribution in [0.4, 0.5) is 26.3 Å². The minimum atomic E-state index is -4.25. The van der Waals surface area contributed by atoms with E-state index in [2.05, 4.69) is 40.4 Å². The van der Waals surface area contributed by atoms with E-state index in [1.807, 2.05) is 13.8 Å². The molecule has 205 valence electrons. The highest BCUT2D eigenvalue weighted by atomic mass is 28.4. The predicted molar refractivity (Wildman–Crippen MR) is 144 cm³/mol. The molecule has 0 spiro atoms. The zero-order chi connectivity index (χ0) is 27.7. The van der Waals surface area contributed by atoms with E-state index in [1.54, 1.807) is 0 Å². The van der Waals surface area contributed by atoms with Crippen LogP contribution in [0, 0.1) is 23.5 Å². The van der Waals surface area contributed by atoms with Crippen molar-refractivity contribution in [2.24, 2.45) is 0 Å². The number of alkyl halides is 2. The molecule has 1 aliphatic rings. The Morgan fingerprint density at radius 2 is 1.36 bits per heavy atom. The molecule has 36 heavy (non-hydrogen) atoms. The fourth-order valence-electron chi connectivity index (χ4n) is 5.25. The minimum Gasteiger partial charge on any atom is -0.539 e. The van der Waals surface area contributed by atoms with Gasteiger partial charge in [0.2, 0.25) is 5.82 Å². The molecule has 0 bridgehead atoms. The van der Waals surface area contributed by atoms with Crippen LogP contribution >= 0.6 is 0 Å². The van der Waals surface area contributed by atoms with Crippen molar-refractivity contribution in [3.05, 3.63) is 34.7 Å². The number of allylic oxidation sites excluding steroid dienone is 1. The van der Waals surface area contributed by atoms with Gasteiger partial charge in [0, 0.05) is 8.07 Å². The third-order valence-electron chi connectivity index (χ3n) is 8.29. The van der Waals surface area contributed by atoms with Gasteiger partial charge in [-0.05, 0) is 17.6 Å². The Kier molecular flexibility index (Phi) is 9.87. The van der Waals surface area contributed by atoms with Gasteiger partial charge in [-0.25, -0.2) is 13.2 Å². The van der Waals surface area contributed by atoms with Gasteiger partial charge in [-0.3, -0.25) is 0 Å². The van der Waals surface area contributed by atoms with E-state index in [1.165, 1.54) is 0 Å². The van der Waals surface area contributed by atoms with Crippen LogP contribution in [0.25, 0.3) is 5.83 Å². The first kappa shape index (κ1) is 31.2. The second-order valence-corrected chi connectivity index (χ2v) is 27.6. The van der Waals surface area contributed by atoms with E-state index < -0.39 is 70.5 Å². The summed E-state index contributed by atoms with van der Waals surface area (Å²) in [5.41, 5.74) is -3.00. The van der Waals surface area contributed by atoms with Gasteiger partial charge in [-0.1, -0.05) is 90.9 Å². The Morgan fingerprint density at radius 3 is 1.83 bits per heavy atom. The molecule has 1 atom stereocenters. The van der Waals surface area contributed by atoms with Gasteiger partial charge < -0.3 is 4.43 Å². The molecule has 0 amide bonds. The first-order valence-electron chi connectivity index (χ1n) is 13.1. The van der Waals surface area contributed by atoms with Crippen molar-refractivity contribution in [2.75, 3.05) is 0 Å². The van der Waals surface area contributed by atoms with Crippen molar-refractivity contribution in [1.29, 1.82) is 0 Å². The fourth-order valence-corrected chi connectivity index (χ4v) is 17.0. The summed E-state index contributed by atoms with van der Waals surface area (Å²) in [6.07, 6.45) is 1.97. The predicted octanol–water partition coefficient (Wildman–Crippen LogP) is 10.3. The van der Waals surface area contributed by atoms with Crippen molar-refractivity contribution in [3.63, 3.8) is 0 Å². The summed E-state index contributed by atoms with van der Waals surface area (Å²) in [7, 11) is -6.00. The molecule has 1 radical (unpaired) electrons. The lowest BCUT2D eigenvalue weighted by molar-refractivity contribution is 0.0418. The summed E-state index contributed by atoms with van der Waals surface area (Å²) < 4.78 is 94.0. The number of benzene rings is 1. The normalized spacial score (nSPS) is 17.2. The van der Waals surface area contributed by atoms with Crippen LogP contribution in [0.3, 0.4) is 0 Å². The maximum atomic E-state index is 15.4. The molecule has 0 aliphatic heterocycles. The van der Waals surface area contributed by atoms with E-state index >= 15 is 8.78 Å². The molecule has 1 nitrogen and oxygen atoms in total. The van der Waals surface area contributed by atoms with Crippen LogP contribution in [0.5, 0.6) is 5.75 Å². The molecule has 0 saturated carbocycles.